The Hall–Kier alpha value is -1.90. The minimum Gasteiger partial charge on any atom is -0.487 e. The number of aliphatic carboxylic acids is 1. The minimum absolute atomic E-state index is 0.0367. The number of thioether (sulfide) groups is 1. The first-order valence-electron chi connectivity index (χ1n) is 10.9. The molecule has 0 saturated heterocycles. The lowest BCUT2D eigenvalue weighted by Crippen LogP contribution is -2.41. The Morgan fingerprint density at radius 2 is 1.97 bits per heavy atom. The molecule has 0 aliphatic carbocycles. The van der Waals surface area contributed by atoms with Crippen molar-refractivity contribution in [3.05, 3.63) is 45.1 Å². The van der Waals surface area contributed by atoms with E-state index in [9.17, 15) is 4.79 Å². The number of hydrogen-bond acceptors (Lipinski definition) is 4. The topological polar surface area (TPSA) is 46.5 Å². The number of hydrogen-bond donors (Lipinski definition) is 1. The average molecular weight is 457 g/mol. The molecule has 5 heteroatoms. The molecule has 0 bridgehead atoms. The van der Waals surface area contributed by atoms with Gasteiger partial charge in [0.2, 0.25) is 0 Å². The van der Waals surface area contributed by atoms with E-state index >= 15 is 0 Å². The number of carbonyl (C=O) groups is 1. The molecule has 31 heavy (non-hydrogen) atoms. The number of fused-ring (bicyclic) bond motifs is 1. The van der Waals surface area contributed by atoms with E-state index in [1.807, 2.05) is 0 Å². The van der Waals surface area contributed by atoms with E-state index in [4.69, 9.17) is 9.84 Å². The van der Waals surface area contributed by atoms with Crippen LogP contribution < -0.4 is 4.74 Å². The van der Waals surface area contributed by atoms with Gasteiger partial charge in [-0.25, -0.2) is 0 Å². The molecule has 2 aromatic rings. The number of aryl methyl sites for hydroxylation is 1. The van der Waals surface area contributed by atoms with Crippen LogP contribution in [0.1, 0.15) is 81.2 Å². The molecule has 1 N–H and O–H groups in total. The Balaban J connectivity index is 1.83. The van der Waals surface area contributed by atoms with Gasteiger partial charge in [0, 0.05) is 27.3 Å². The fourth-order valence-electron chi connectivity index (χ4n) is 4.32. The van der Waals surface area contributed by atoms with Crippen LogP contribution in [0.3, 0.4) is 0 Å². The highest BCUT2D eigenvalue weighted by Gasteiger charge is 2.39. The fourth-order valence-corrected chi connectivity index (χ4v) is 5.99. The monoisotopic (exact) mass is 456 g/mol. The largest absolute Gasteiger partial charge is 0.487 e. The third kappa shape index (κ3) is 6.30. The van der Waals surface area contributed by atoms with E-state index in [-0.39, 0.29) is 17.4 Å². The summed E-state index contributed by atoms with van der Waals surface area (Å²) in [4.78, 5) is 14.1. The molecule has 3 rings (SSSR count). The smallest absolute Gasteiger partial charge is 0.303 e. The molecule has 1 aromatic heterocycles. The molecule has 2 heterocycles. The third-order valence-corrected chi connectivity index (χ3v) is 7.41. The first-order valence-corrected chi connectivity index (χ1v) is 12.7. The first-order chi connectivity index (χ1) is 14.6. The van der Waals surface area contributed by atoms with Crippen molar-refractivity contribution in [3.8, 4) is 17.6 Å². The van der Waals surface area contributed by atoms with Crippen molar-refractivity contribution in [2.75, 3.05) is 5.75 Å². The Kier molecular flexibility index (Phi) is 7.44. The Morgan fingerprint density at radius 3 is 2.68 bits per heavy atom. The zero-order chi connectivity index (χ0) is 22.6. The second kappa shape index (κ2) is 9.71. The van der Waals surface area contributed by atoms with Crippen LogP contribution >= 0.6 is 23.1 Å². The van der Waals surface area contributed by atoms with Crippen molar-refractivity contribution >= 4 is 29.1 Å². The zero-order valence-corrected chi connectivity index (χ0v) is 20.8. The van der Waals surface area contributed by atoms with Gasteiger partial charge in [-0.2, -0.15) is 0 Å². The molecular formula is C26H32O3S2. The van der Waals surface area contributed by atoms with Crippen LogP contribution in [0.15, 0.2) is 29.2 Å². The van der Waals surface area contributed by atoms with E-state index in [1.165, 1.54) is 15.3 Å². The highest BCUT2D eigenvalue weighted by molar-refractivity contribution is 7.99. The van der Waals surface area contributed by atoms with E-state index < -0.39 is 5.97 Å². The van der Waals surface area contributed by atoms with E-state index in [2.05, 4.69) is 70.7 Å². The molecule has 0 radical (unpaired) electrons. The molecule has 0 amide bonds. The summed E-state index contributed by atoms with van der Waals surface area (Å²) in [6.07, 6.45) is 3.74. The second-order valence-corrected chi connectivity index (χ2v) is 11.8. The predicted octanol–water partition coefficient (Wildman–Crippen LogP) is 6.90. The number of rotatable bonds is 7. The highest BCUT2D eigenvalue weighted by atomic mass is 32.2. The molecule has 1 aliphatic heterocycles. The van der Waals surface area contributed by atoms with Crippen molar-refractivity contribution in [1.82, 2.24) is 0 Å². The van der Waals surface area contributed by atoms with Crippen LogP contribution in [0.4, 0.5) is 0 Å². The quantitative estimate of drug-likeness (QED) is 0.280. The Morgan fingerprint density at radius 1 is 1.19 bits per heavy atom. The number of carboxylic acids is 1. The molecule has 0 unspecified atom stereocenters. The highest BCUT2D eigenvalue weighted by Crippen LogP contribution is 2.46. The summed E-state index contributed by atoms with van der Waals surface area (Å²) in [6.45, 7) is 11.1. The van der Waals surface area contributed by atoms with Gasteiger partial charge in [0.05, 0.1) is 4.88 Å². The van der Waals surface area contributed by atoms with Crippen molar-refractivity contribution < 1.29 is 14.6 Å². The van der Waals surface area contributed by atoms with E-state index in [1.54, 1.807) is 23.1 Å². The Bertz CT molecular complexity index is 1010. The molecule has 0 fully saturated rings. The molecule has 0 spiro atoms. The van der Waals surface area contributed by atoms with Gasteiger partial charge in [-0.1, -0.05) is 32.6 Å². The maximum absolute atomic E-state index is 10.6. The van der Waals surface area contributed by atoms with E-state index in [0.29, 0.717) is 0 Å². The lowest BCUT2D eigenvalue weighted by atomic mass is 9.73. The summed E-state index contributed by atoms with van der Waals surface area (Å²) in [5, 5.41) is 8.76. The molecule has 0 saturated carbocycles. The standard InChI is InChI=1S/C26H32O3S2/c1-6-30-23-16-22-21(25(2,3)17-26(4,5)29-22)15-18(23)11-12-20-14-13-19(31-20)9-7-8-10-24(27)28/h13-16H,6-10,17H2,1-5H3,(H,27,28). The zero-order valence-electron chi connectivity index (χ0n) is 19.1. The predicted molar refractivity (Wildman–Crippen MR) is 131 cm³/mol. The maximum Gasteiger partial charge on any atom is 0.303 e. The van der Waals surface area contributed by atoms with E-state index in [0.717, 1.165) is 47.6 Å². The number of carboxylic acid groups (broad SMARTS) is 1. The van der Waals surface area contributed by atoms with Crippen molar-refractivity contribution in [2.24, 2.45) is 0 Å². The van der Waals surface area contributed by atoms with Gasteiger partial charge in [-0.05, 0) is 75.0 Å². The van der Waals surface area contributed by atoms with Gasteiger partial charge in [0.25, 0.3) is 0 Å². The van der Waals surface area contributed by atoms with Crippen LogP contribution in [0.5, 0.6) is 5.75 Å². The lowest BCUT2D eigenvalue weighted by molar-refractivity contribution is -0.137. The molecular weight excluding hydrogens is 424 g/mol. The summed E-state index contributed by atoms with van der Waals surface area (Å²) >= 11 is 3.51. The molecule has 3 nitrogen and oxygen atoms in total. The van der Waals surface area contributed by atoms with Gasteiger partial charge < -0.3 is 9.84 Å². The van der Waals surface area contributed by atoms with Crippen LogP contribution in [0.25, 0.3) is 0 Å². The van der Waals surface area contributed by atoms with Crippen LogP contribution in [-0.4, -0.2) is 22.4 Å². The van der Waals surface area contributed by atoms with Crippen LogP contribution in [0, 0.1) is 11.8 Å². The fraction of sp³-hybridized carbons (Fsp3) is 0.500. The summed E-state index contributed by atoms with van der Waals surface area (Å²) in [6, 6.07) is 8.60. The van der Waals surface area contributed by atoms with Gasteiger partial charge in [-0.15, -0.1) is 23.1 Å². The normalized spacial score (nSPS) is 16.0. The van der Waals surface area contributed by atoms with Crippen LogP contribution in [0.2, 0.25) is 0 Å². The number of unbranched alkanes of at least 4 members (excludes halogenated alkanes) is 1. The lowest BCUT2D eigenvalue weighted by Gasteiger charge is -2.42. The molecule has 166 valence electrons. The van der Waals surface area contributed by atoms with Crippen LogP contribution in [-0.2, 0) is 16.6 Å². The summed E-state index contributed by atoms with van der Waals surface area (Å²) < 4.78 is 6.33. The summed E-state index contributed by atoms with van der Waals surface area (Å²) in [5.74, 6) is 8.04. The van der Waals surface area contributed by atoms with Gasteiger partial charge in [-0.3, -0.25) is 4.79 Å². The van der Waals surface area contributed by atoms with Crippen molar-refractivity contribution in [2.45, 2.75) is 82.6 Å². The number of ether oxygens (including phenoxy) is 1. The first kappa shape index (κ1) is 23.8. The summed E-state index contributed by atoms with van der Waals surface area (Å²) in [7, 11) is 0. The van der Waals surface area contributed by atoms with Gasteiger partial charge in [0.1, 0.15) is 11.4 Å². The SMILES string of the molecule is CCSc1cc2c(cc1C#Cc1ccc(CCCCC(=O)O)s1)C(C)(C)CC(C)(C)O2. The summed E-state index contributed by atoms with van der Waals surface area (Å²) in [5.41, 5.74) is 2.17. The van der Waals surface area contributed by atoms with Crippen molar-refractivity contribution in [3.63, 3.8) is 0 Å². The van der Waals surface area contributed by atoms with Gasteiger partial charge >= 0.3 is 5.97 Å². The number of benzene rings is 1. The molecule has 1 aromatic carbocycles. The minimum atomic E-state index is -0.722. The number of thiophene rings is 1. The average Bonchev–Trinajstić information content (AvgIpc) is 3.10. The molecule has 1 aliphatic rings. The molecule has 0 atom stereocenters. The Labute approximate surface area is 194 Å². The second-order valence-electron chi connectivity index (χ2n) is 9.32. The third-order valence-electron chi connectivity index (χ3n) is 5.41. The maximum atomic E-state index is 10.6. The van der Waals surface area contributed by atoms with Gasteiger partial charge in [0.15, 0.2) is 0 Å². The van der Waals surface area contributed by atoms with Crippen molar-refractivity contribution in [1.29, 1.82) is 0 Å².